The molecule has 0 radical (unpaired) electrons. The number of hydrogen-bond acceptors (Lipinski definition) is 1. The van der Waals surface area contributed by atoms with Crippen LogP contribution in [0.3, 0.4) is 0 Å². The second-order valence-corrected chi connectivity index (χ2v) is 3.79. The van der Waals surface area contributed by atoms with Gasteiger partial charge in [-0.25, -0.2) is 4.79 Å². The van der Waals surface area contributed by atoms with E-state index in [1.54, 1.807) is 6.08 Å². The van der Waals surface area contributed by atoms with Gasteiger partial charge in [-0.2, -0.15) is 0 Å². The lowest BCUT2D eigenvalue weighted by Gasteiger charge is -2.01. The molecular weight excluding hydrogens is 279 g/mol. The number of carboxylic acid groups (broad SMARTS) is 1. The van der Waals surface area contributed by atoms with Gasteiger partial charge in [-0.05, 0) is 52.8 Å². The highest BCUT2D eigenvalue weighted by Gasteiger charge is 1.97. The molecule has 2 nitrogen and oxygen atoms in total. The van der Waals surface area contributed by atoms with Crippen molar-refractivity contribution in [1.82, 2.24) is 0 Å². The molecule has 0 aliphatic heterocycles. The Morgan fingerprint density at radius 1 is 1.54 bits per heavy atom. The van der Waals surface area contributed by atoms with Crippen LogP contribution in [0.5, 0.6) is 0 Å². The van der Waals surface area contributed by atoms with Crippen LogP contribution in [0, 0.1) is 10.5 Å². The smallest absolute Gasteiger partial charge is 0.328 e. The van der Waals surface area contributed by atoms with Crippen molar-refractivity contribution in [2.75, 3.05) is 0 Å². The molecule has 0 heterocycles. The minimum absolute atomic E-state index is 0.918. The summed E-state index contributed by atoms with van der Waals surface area (Å²) in [6.45, 7) is 1.98. The standard InChI is InChI=1S/C10H9IO2/c1-7-8(5-6-10(12)13)3-2-4-9(7)11/h2-6H,1H3,(H,12,13)/b6-5+. The topological polar surface area (TPSA) is 37.3 Å². The predicted molar refractivity (Wildman–Crippen MR) is 60.6 cm³/mol. The molecule has 0 aliphatic rings. The molecule has 0 spiro atoms. The molecule has 0 saturated heterocycles. The van der Waals surface area contributed by atoms with Crippen molar-refractivity contribution in [2.45, 2.75) is 6.92 Å². The molecule has 0 aromatic heterocycles. The summed E-state index contributed by atoms with van der Waals surface area (Å²) < 4.78 is 1.14. The first-order valence-corrected chi connectivity index (χ1v) is 4.85. The van der Waals surface area contributed by atoms with E-state index >= 15 is 0 Å². The Morgan fingerprint density at radius 3 is 2.85 bits per heavy atom. The molecule has 1 aromatic rings. The average molecular weight is 288 g/mol. The van der Waals surface area contributed by atoms with E-state index in [9.17, 15) is 4.79 Å². The van der Waals surface area contributed by atoms with E-state index in [-0.39, 0.29) is 0 Å². The molecule has 1 aromatic carbocycles. The van der Waals surface area contributed by atoms with Gasteiger partial charge in [0.15, 0.2) is 0 Å². The largest absolute Gasteiger partial charge is 0.478 e. The average Bonchev–Trinajstić information content (AvgIpc) is 2.07. The molecule has 13 heavy (non-hydrogen) atoms. The van der Waals surface area contributed by atoms with Gasteiger partial charge in [-0.15, -0.1) is 0 Å². The molecule has 0 saturated carbocycles. The Balaban J connectivity index is 3.02. The van der Waals surface area contributed by atoms with Crippen molar-refractivity contribution in [3.05, 3.63) is 39.0 Å². The second kappa shape index (κ2) is 4.41. The fourth-order valence-electron chi connectivity index (χ4n) is 0.966. The number of carbonyl (C=O) groups is 1. The van der Waals surface area contributed by atoms with Gasteiger partial charge in [0.05, 0.1) is 0 Å². The second-order valence-electron chi connectivity index (χ2n) is 2.63. The van der Waals surface area contributed by atoms with Gasteiger partial charge in [-0.3, -0.25) is 0 Å². The lowest BCUT2D eigenvalue weighted by Crippen LogP contribution is -1.88. The first kappa shape index (κ1) is 10.2. The summed E-state index contributed by atoms with van der Waals surface area (Å²) in [5, 5.41) is 8.45. The number of halogens is 1. The third-order valence-corrected chi connectivity index (χ3v) is 2.88. The van der Waals surface area contributed by atoms with Gasteiger partial charge in [0, 0.05) is 9.65 Å². The molecule has 0 aliphatic carbocycles. The van der Waals surface area contributed by atoms with Crippen LogP contribution in [0.4, 0.5) is 0 Å². The van der Waals surface area contributed by atoms with Gasteiger partial charge in [0.2, 0.25) is 0 Å². The zero-order valence-electron chi connectivity index (χ0n) is 7.12. The van der Waals surface area contributed by atoms with Gasteiger partial charge in [0.25, 0.3) is 0 Å². The van der Waals surface area contributed by atoms with E-state index in [1.165, 1.54) is 0 Å². The Kier molecular flexibility index (Phi) is 3.48. The summed E-state index contributed by atoms with van der Waals surface area (Å²) >= 11 is 2.23. The highest BCUT2D eigenvalue weighted by Crippen LogP contribution is 2.16. The van der Waals surface area contributed by atoms with E-state index in [2.05, 4.69) is 22.6 Å². The van der Waals surface area contributed by atoms with Gasteiger partial charge >= 0.3 is 5.97 Å². The maximum atomic E-state index is 10.3. The summed E-state index contributed by atoms with van der Waals surface area (Å²) in [6.07, 6.45) is 2.76. The summed E-state index contributed by atoms with van der Waals surface area (Å²) in [7, 11) is 0. The zero-order valence-corrected chi connectivity index (χ0v) is 9.28. The summed E-state index contributed by atoms with van der Waals surface area (Å²) in [5.41, 5.74) is 2.06. The predicted octanol–water partition coefficient (Wildman–Crippen LogP) is 2.70. The molecule has 0 bridgehead atoms. The number of carboxylic acids is 1. The van der Waals surface area contributed by atoms with Crippen LogP contribution < -0.4 is 0 Å². The van der Waals surface area contributed by atoms with E-state index in [0.717, 1.165) is 20.8 Å². The van der Waals surface area contributed by atoms with Gasteiger partial charge in [-0.1, -0.05) is 12.1 Å². The SMILES string of the molecule is Cc1c(I)cccc1/C=C/C(=O)O. The van der Waals surface area contributed by atoms with Crippen molar-refractivity contribution < 1.29 is 9.90 Å². The maximum Gasteiger partial charge on any atom is 0.328 e. The lowest BCUT2D eigenvalue weighted by atomic mass is 10.1. The Bertz CT molecular complexity index is 356. The fourth-order valence-corrected chi connectivity index (χ4v) is 1.48. The monoisotopic (exact) mass is 288 g/mol. The minimum Gasteiger partial charge on any atom is -0.478 e. The van der Waals surface area contributed by atoms with E-state index in [1.807, 2.05) is 25.1 Å². The van der Waals surface area contributed by atoms with E-state index in [0.29, 0.717) is 0 Å². The van der Waals surface area contributed by atoms with Crippen molar-refractivity contribution in [3.8, 4) is 0 Å². The number of benzene rings is 1. The Morgan fingerprint density at radius 2 is 2.23 bits per heavy atom. The molecule has 0 atom stereocenters. The molecule has 0 unspecified atom stereocenters. The third-order valence-electron chi connectivity index (χ3n) is 1.72. The van der Waals surface area contributed by atoms with Gasteiger partial charge < -0.3 is 5.11 Å². The normalized spacial score (nSPS) is 10.6. The van der Waals surface area contributed by atoms with Crippen molar-refractivity contribution in [3.63, 3.8) is 0 Å². The Labute approximate surface area is 90.4 Å². The first-order valence-electron chi connectivity index (χ1n) is 3.77. The quantitative estimate of drug-likeness (QED) is 0.671. The highest BCUT2D eigenvalue weighted by atomic mass is 127. The minimum atomic E-state index is -0.918. The molecule has 0 amide bonds. The van der Waals surface area contributed by atoms with Crippen LogP contribution in [-0.4, -0.2) is 11.1 Å². The van der Waals surface area contributed by atoms with Crippen LogP contribution in [-0.2, 0) is 4.79 Å². The zero-order chi connectivity index (χ0) is 9.84. The van der Waals surface area contributed by atoms with Crippen LogP contribution in [0.2, 0.25) is 0 Å². The van der Waals surface area contributed by atoms with Crippen LogP contribution in [0.25, 0.3) is 6.08 Å². The van der Waals surface area contributed by atoms with Crippen molar-refractivity contribution in [1.29, 1.82) is 0 Å². The summed E-state index contributed by atoms with van der Waals surface area (Å²) in [5.74, 6) is -0.918. The van der Waals surface area contributed by atoms with Crippen LogP contribution in [0.1, 0.15) is 11.1 Å². The molecule has 1 rings (SSSR count). The number of hydrogen-bond donors (Lipinski definition) is 1. The van der Waals surface area contributed by atoms with E-state index < -0.39 is 5.97 Å². The maximum absolute atomic E-state index is 10.3. The van der Waals surface area contributed by atoms with Crippen LogP contribution >= 0.6 is 22.6 Å². The summed E-state index contributed by atoms with van der Waals surface area (Å²) in [4.78, 5) is 10.3. The molecule has 0 fully saturated rings. The molecule has 3 heteroatoms. The fraction of sp³-hybridized carbons (Fsp3) is 0.100. The van der Waals surface area contributed by atoms with Crippen LogP contribution in [0.15, 0.2) is 24.3 Å². The number of aliphatic carboxylic acids is 1. The van der Waals surface area contributed by atoms with Crippen molar-refractivity contribution in [2.24, 2.45) is 0 Å². The Hall–Kier alpha value is -0.840. The lowest BCUT2D eigenvalue weighted by molar-refractivity contribution is -0.131. The van der Waals surface area contributed by atoms with E-state index in [4.69, 9.17) is 5.11 Å². The molecule has 68 valence electrons. The van der Waals surface area contributed by atoms with Crippen molar-refractivity contribution >= 4 is 34.6 Å². The third kappa shape index (κ3) is 2.84. The van der Waals surface area contributed by atoms with Gasteiger partial charge in [0.1, 0.15) is 0 Å². The first-order chi connectivity index (χ1) is 6.11. The summed E-state index contributed by atoms with van der Waals surface area (Å²) in [6, 6.07) is 5.81. The highest BCUT2D eigenvalue weighted by molar-refractivity contribution is 14.1. The molecule has 1 N–H and O–H groups in total. The molecular formula is C10H9IO2. The number of rotatable bonds is 2.